The van der Waals surface area contributed by atoms with Crippen LogP contribution in [0.1, 0.15) is 0 Å². The maximum absolute atomic E-state index is 5.47. The Morgan fingerprint density at radius 2 is 2.22 bits per heavy atom. The van der Waals surface area contributed by atoms with Gasteiger partial charge in [0.2, 0.25) is 0 Å². The van der Waals surface area contributed by atoms with Crippen LogP contribution in [0, 0.1) is 0 Å². The van der Waals surface area contributed by atoms with Crippen molar-refractivity contribution in [3.63, 3.8) is 0 Å². The quantitative estimate of drug-likeness (QED) is 0.269. The Morgan fingerprint density at radius 3 is 2.56 bits per heavy atom. The average molecular weight is 168 g/mol. The number of halogens is 1. The molecule has 1 nitrogen and oxygen atoms in total. The molecule has 4 heteroatoms. The van der Waals surface area contributed by atoms with E-state index in [2.05, 4.69) is 4.98 Å². The second kappa shape index (κ2) is 4.47. The number of nitrogens with zero attached hydrogens (tertiary/aromatic N) is 1. The predicted octanol–water partition coefficient (Wildman–Crippen LogP) is -1.36. The third-order valence-corrected chi connectivity index (χ3v) is 1.16. The van der Waals surface area contributed by atoms with Crippen LogP contribution < -0.4 is 29.6 Å². The summed E-state index contributed by atoms with van der Waals surface area (Å²) in [5.74, 6) is 0. The smallest absolute Gasteiger partial charge is 0.780 e. The summed E-state index contributed by atoms with van der Waals surface area (Å²) in [6, 6.07) is 3.36. The van der Waals surface area contributed by atoms with E-state index in [1.54, 1.807) is 18.3 Å². The number of pyridine rings is 1. The summed E-state index contributed by atoms with van der Waals surface area (Å²) in [6.07, 6.45) is 1.59. The summed E-state index contributed by atoms with van der Waals surface area (Å²) in [5, 5.41) is 0.456. The van der Waals surface area contributed by atoms with Gasteiger partial charge in [0.15, 0.2) is 0 Å². The maximum atomic E-state index is 5.47. The Kier molecular flexibility index (Phi) is 4.80. The van der Waals surface area contributed by atoms with E-state index >= 15 is 0 Å². The fourth-order valence-corrected chi connectivity index (χ4v) is 0.796. The van der Waals surface area contributed by atoms with Gasteiger partial charge in [0.25, 0.3) is 0 Å². The summed E-state index contributed by atoms with van der Waals surface area (Å²) < 4.78 is 0. The van der Waals surface area contributed by atoms with Crippen LogP contribution in [0.4, 0.5) is 0 Å². The Morgan fingerprint density at radius 1 is 1.56 bits per heavy atom. The van der Waals surface area contributed by atoms with Gasteiger partial charge in [-0.05, 0) is 6.07 Å². The van der Waals surface area contributed by atoms with E-state index in [0.29, 0.717) is 5.15 Å². The van der Waals surface area contributed by atoms with E-state index in [-0.39, 0.29) is 29.6 Å². The summed E-state index contributed by atoms with van der Waals surface area (Å²) in [6.45, 7) is 0. The van der Waals surface area contributed by atoms with E-state index in [9.17, 15) is 0 Å². The van der Waals surface area contributed by atoms with Crippen LogP contribution in [0.2, 0.25) is 5.15 Å². The number of rotatable bonds is 0. The van der Waals surface area contributed by atoms with E-state index in [0.717, 1.165) is 4.90 Å². The summed E-state index contributed by atoms with van der Waals surface area (Å²) in [4.78, 5) is 4.47. The van der Waals surface area contributed by atoms with Gasteiger partial charge < -0.3 is 12.6 Å². The SMILES string of the molecule is [Na+].[S-]c1ccnc(Cl)c1. The topological polar surface area (TPSA) is 12.9 Å². The van der Waals surface area contributed by atoms with E-state index in [1.165, 1.54) is 0 Å². The van der Waals surface area contributed by atoms with Gasteiger partial charge in [-0.3, -0.25) is 0 Å². The molecule has 0 atom stereocenters. The third-order valence-electron chi connectivity index (χ3n) is 0.698. The van der Waals surface area contributed by atoms with Crippen molar-refractivity contribution in [2.75, 3.05) is 0 Å². The van der Waals surface area contributed by atoms with E-state index in [4.69, 9.17) is 24.2 Å². The van der Waals surface area contributed by atoms with Gasteiger partial charge in [0.05, 0.1) is 0 Å². The molecule has 0 spiro atoms. The first-order valence-electron chi connectivity index (χ1n) is 2.07. The molecular formula is C5H3ClNNaS. The molecule has 0 aliphatic rings. The molecule has 1 aromatic rings. The van der Waals surface area contributed by atoms with Crippen molar-refractivity contribution in [3.8, 4) is 0 Å². The second-order valence-electron chi connectivity index (χ2n) is 1.31. The van der Waals surface area contributed by atoms with Crippen molar-refractivity contribution in [1.82, 2.24) is 4.98 Å². The molecule has 0 saturated heterocycles. The Balaban J connectivity index is 0.000000640. The first kappa shape index (κ1) is 9.66. The van der Waals surface area contributed by atoms with Gasteiger partial charge in [-0.2, -0.15) is 4.90 Å². The molecule has 0 amide bonds. The average Bonchev–Trinajstić information content (AvgIpc) is 1.64. The molecule has 0 aliphatic carbocycles. The molecule has 1 rings (SSSR count). The molecule has 1 aromatic heterocycles. The van der Waals surface area contributed by atoms with Gasteiger partial charge in [0, 0.05) is 6.20 Å². The zero-order valence-electron chi connectivity index (χ0n) is 4.97. The molecule has 0 fully saturated rings. The van der Waals surface area contributed by atoms with Crippen LogP contribution in [-0.2, 0) is 12.6 Å². The molecule has 0 N–H and O–H groups in total. The van der Waals surface area contributed by atoms with Crippen molar-refractivity contribution in [1.29, 1.82) is 0 Å². The molecule has 0 aliphatic heterocycles. The molecular weight excluding hydrogens is 165 g/mol. The van der Waals surface area contributed by atoms with Crippen molar-refractivity contribution < 1.29 is 29.6 Å². The Labute approximate surface area is 86.5 Å². The van der Waals surface area contributed by atoms with Crippen LogP contribution >= 0.6 is 11.6 Å². The minimum absolute atomic E-state index is 0. The Hall–Kier alpha value is 0.660. The zero-order valence-corrected chi connectivity index (χ0v) is 8.54. The normalized spacial score (nSPS) is 8.11. The van der Waals surface area contributed by atoms with Gasteiger partial charge >= 0.3 is 29.6 Å². The van der Waals surface area contributed by atoms with Crippen LogP contribution in [0.25, 0.3) is 0 Å². The minimum Gasteiger partial charge on any atom is -0.780 e. The molecule has 42 valence electrons. The molecule has 0 radical (unpaired) electrons. The first-order valence-corrected chi connectivity index (χ1v) is 2.86. The minimum atomic E-state index is 0. The van der Waals surface area contributed by atoms with Gasteiger partial charge in [-0.15, -0.1) is 0 Å². The van der Waals surface area contributed by atoms with Crippen molar-refractivity contribution in [2.24, 2.45) is 0 Å². The summed E-state index contributed by atoms with van der Waals surface area (Å²) >= 11 is 10.2. The fourth-order valence-electron chi connectivity index (χ4n) is 0.385. The molecule has 0 aromatic carbocycles. The van der Waals surface area contributed by atoms with Crippen LogP contribution in [0.3, 0.4) is 0 Å². The second-order valence-corrected chi connectivity index (χ2v) is 2.17. The fraction of sp³-hybridized carbons (Fsp3) is 0. The molecule has 0 unspecified atom stereocenters. The van der Waals surface area contributed by atoms with Gasteiger partial charge in [-0.1, -0.05) is 17.7 Å². The van der Waals surface area contributed by atoms with E-state index < -0.39 is 0 Å². The van der Waals surface area contributed by atoms with Gasteiger partial charge in [0.1, 0.15) is 5.15 Å². The van der Waals surface area contributed by atoms with Crippen LogP contribution in [0.5, 0.6) is 0 Å². The summed E-state index contributed by atoms with van der Waals surface area (Å²) in [5.41, 5.74) is 0. The van der Waals surface area contributed by atoms with Crippen molar-refractivity contribution in [3.05, 3.63) is 23.5 Å². The summed E-state index contributed by atoms with van der Waals surface area (Å²) in [7, 11) is 0. The first-order chi connectivity index (χ1) is 3.79. The van der Waals surface area contributed by atoms with Crippen molar-refractivity contribution in [2.45, 2.75) is 4.90 Å². The number of hydrogen-bond donors (Lipinski definition) is 0. The van der Waals surface area contributed by atoms with Crippen LogP contribution in [-0.4, -0.2) is 4.98 Å². The zero-order chi connectivity index (χ0) is 5.98. The number of aromatic nitrogens is 1. The van der Waals surface area contributed by atoms with Crippen molar-refractivity contribution >= 4 is 24.2 Å². The Bertz CT molecular complexity index is 177. The largest absolute Gasteiger partial charge is 1.00 e. The van der Waals surface area contributed by atoms with Gasteiger partial charge in [-0.25, -0.2) is 4.98 Å². The third kappa shape index (κ3) is 3.38. The molecule has 9 heavy (non-hydrogen) atoms. The number of hydrogen-bond acceptors (Lipinski definition) is 2. The standard InChI is InChI=1S/C5H4ClNS.Na/c6-5-3-4(8)1-2-7-5;/h1-3H,(H,7,8);/q;+1/p-1. The maximum Gasteiger partial charge on any atom is 1.00 e. The molecule has 0 bridgehead atoms. The van der Waals surface area contributed by atoms with Crippen LogP contribution in [0.15, 0.2) is 23.2 Å². The monoisotopic (exact) mass is 167 g/mol. The van der Waals surface area contributed by atoms with E-state index in [1.807, 2.05) is 0 Å². The molecule has 1 heterocycles. The molecule has 0 saturated carbocycles. The predicted molar refractivity (Wildman–Crippen MR) is 34.9 cm³/mol.